The summed E-state index contributed by atoms with van der Waals surface area (Å²) in [5.74, 6) is 0.841. The molecule has 15 heavy (non-hydrogen) atoms. The second kappa shape index (κ2) is 4.49. The smallest absolute Gasteiger partial charge is 0.138 e. The zero-order chi connectivity index (χ0) is 10.8. The SMILES string of the molecule is Cc1ncc(OC[C@H]2CCN2C)cc1Br. The summed E-state index contributed by atoms with van der Waals surface area (Å²) in [7, 11) is 2.13. The second-order valence-electron chi connectivity index (χ2n) is 3.97. The Balaban J connectivity index is 1.90. The van der Waals surface area contributed by atoms with Gasteiger partial charge >= 0.3 is 0 Å². The van der Waals surface area contributed by atoms with Gasteiger partial charge in [0.05, 0.1) is 11.9 Å². The van der Waals surface area contributed by atoms with Crippen molar-refractivity contribution in [2.75, 3.05) is 20.2 Å². The van der Waals surface area contributed by atoms with Gasteiger partial charge in [0.15, 0.2) is 0 Å². The van der Waals surface area contributed by atoms with Crippen LogP contribution in [0.4, 0.5) is 0 Å². The first-order valence-corrected chi connectivity index (χ1v) is 5.91. The molecule has 1 aliphatic rings. The minimum atomic E-state index is 0.574. The van der Waals surface area contributed by atoms with Gasteiger partial charge in [-0.15, -0.1) is 0 Å². The molecule has 4 heteroatoms. The molecule has 1 aromatic heterocycles. The molecular formula is C11H15BrN2O. The number of nitrogens with zero attached hydrogens (tertiary/aromatic N) is 2. The number of rotatable bonds is 3. The first kappa shape index (κ1) is 10.9. The Hall–Kier alpha value is -0.610. The highest BCUT2D eigenvalue weighted by Crippen LogP contribution is 2.21. The molecule has 0 aliphatic carbocycles. The average Bonchev–Trinajstić information content (AvgIpc) is 2.21. The van der Waals surface area contributed by atoms with E-state index in [0.717, 1.165) is 22.5 Å². The Morgan fingerprint density at radius 1 is 1.67 bits per heavy atom. The van der Waals surface area contributed by atoms with Gasteiger partial charge < -0.3 is 4.74 Å². The number of pyridine rings is 1. The van der Waals surface area contributed by atoms with E-state index in [1.54, 1.807) is 6.20 Å². The van der Waals surface area contributed by atoms with Crippen molar-refractivity contribution in [3.63, 3.8) is 0 Å². The Labute approximate surface area is 98.6 Å². The number of halogens is 1. The molecule has 3 nitrogen and oxygen atoms in total. The zero-order valence-corrected chi connectivity index (χ0v) is 10.6. The summed E-state index contributed by atoms with van der Waals surface area (Å²) in [6.07, 6.45) is 3.01. The van der Waals surface area contributed by atoms with Crippen molar-refractivity contribution in [2.45, 2.75) is 19.4 Å². The van der Waals surface area contributed by atoms with E-state index < -0.39 is 0 Å². The maximum Gasteiger partial charge on any atom is 0.138 e. The molecule has 0 bridgehead atoms. The highest BCUT2D eigenvalue weighted by molar-refractivity contribution is 9.10. The van der Waals surface area contributed by atoms with Crippen LogP contribution in [0.2, 0.25) is 0 Å². The van der Waals surface area contributed by atoms with Crippen molar-refractivity contribution in [2.24, 2.45) is 0 Å². The van der Waals surface area contributed by atoms with Gasteiger partial charge in [-0.2, -0.15) is 0 Å². The van der Waals surface area contributed by atoms with Gasteiger partial charge in [-0.3, -0.25) is 9.88 Å². The van der Waals surface area contributed by atoms with Gasteiger partial charge in [0, 0.05) is 10.5 Å². The Morgan fingerprint density at radius 2 is 2.47 bits per heavy atom. The molecule has 1 aromatic rings. The molecule has 0 saturated carbocycles. The van der Waals surface area contributed by atoms with E-state index in [-0.39, 0.29) is 0 Å². The molecule has 82 valence electrons. The number of aryl methyl sites for hydroxylation is 1. The Kier molecular flexibility index (Phi) is 3.26. The Morgan fingerprint density at radius 3 is 3.00 bits per heavy atom. The molecule has 1 atom stereocenters. The summed E-state index contributed by atoms with van der Waals surface area (Å²) in [5.41, 5.74) is 0.989. The fourth-order valence-electron chi connectivity index (χ4n) is 1.54. The van der Waals surface area contributed by atoms with E-state index in [9.17, 15) is 0 Å². The summed E-state index contributed by atoms with van der Waals surface area (Å²) in [5, 5.41) is 0. The predicted octanol–water partition coefficient (Wildman–Crippen LogP) is 2.24. The molecule has 0 N–H and O–H groups in total. The zero-order valence-electron chi connectivity index (χ0n) is 9.03. The first-order chi connectivity index (χ1) is 7.16. The molecular weight excluding hydrogens is 256 g/mol. The number of hydrogen-bond acceptors (Lipinski definition) is 3. The van der Waals surface area contributed by atoms with Crippen LogP contribution in [0.15, 0.2) is 16.7 Å². The molecule has 0 spiro atoms. The lowest BCUT2D eigenvalue weighted by Crippen LogP contribution is -2.48. The van der Waals surface area contributed by atoms with Gasteiger partial charge in [-0.25, -0.2) is 0 Å². The molecule has 2 heterocycles. The highest BCUT2D eigenvalue weighted by Gasteiger charge is 2.24. The second-order valence-corrected chi connectivity index (χ2v) is 4.83. The van der Waals surface area contributed by atoms with Crippen LogP contribution < -0.4 is 4.74 Å². The van der Waals surface area contributed by atoms with Crippen molar-refractivity contribution < 1.29 is 4.74 Å². The largest absolute Gasteiger partial charge is 0.490 e. The fraction of sp³-hybridized carbons (Fsp3) is 0.545. The molecule has 1 aliphatic heterocycles. The van der Waals surface area contributed by atoms with Gasteiger partial charge in [0.25, 0.3) is 0 Å². The highest BCUT2D eigenvalue weighted by atomic mass is 79.9. The van der Waals surface area contributed by atoms with Crippen LogP contribution in [0.25, 0.3) is 0 Å². The molecule has 0 amide bonds. The van der Waals surface area contributed by atoms with Crippen LogP contribution in [0.5, 0.6) is 5.75 Å². The average molecular weight is 271 g/mol. The van der Waals surface area contributed by atoms with Crippen molar-refractivity contribution in [1.29, 1.82) is 0 Å². The van der Waals surface area contributed by atoms with Crippen LogP contribution in [0.1, 0.15) is 12.1 Å². The summed E-state index contributed by atoms with van der Waals surface area (Å²) in [6, 6.07) is 2.55. The molecule has 1 fully saturated rings. The quantitative estimate of drug-likeness (QED) is 0.843. The number of ether oxygens (including phenoxy) is 1. The lowest BCUT2D eigenvalue weighted by molar-refractivity contribution is 0.0767. The van der Waals surface area contributed by atoms with Crippen LogP contribution >= 0.6 is 15.9 Å². The topological polar surface area (TPSA) is 25.4 Å². The van der Waals surface area contributed by atoms with E-state index in [2.05, 4.69) is 32.9 Å². The van der Waals surface area contributed by atoms with E-state index in [4.69, 9.17) is 4.74 Å². The monoisotopic (exact) mass is 270 g/mol. The van der Waals surface area contributed by atoms with E-state index in [0.29, 0.717) is 6.04 Å². The molecule has 0 radical (unpaired) electrons. The number of aromatic nitrogens is 1. The lowest BCUT2D eigenvalue weighted by atomic mass is 10.1. The standard InChI is InChI=1S/C11H15BrN2O/c1-8-11(12)5-10(6-13-8)15-7-9-3-4-14(9)2/h5-6,9H,3-4,7H2,1-2H3/t9-/m1/s1. The maximum absolute atomic E-state index is 5.68. The van der Waals surface area contributed by atoms with E-state index in [1.165, 1.54) is 13.0 Å². The number of likely N-dealkylation sites (tertiary alicyclic amines) is 1. The van der Waals surface area contributed by atoms with E-state index >= 15 is 0 Å². The predicted molar refractivity (Wildman–Crippen MR) is 63.2 cm³/mol. The minimum absolute atomic E-state index is 0.574. The van der Waals surface area contributed by atoms with Crippen molar-refractivity contribution in [1.82, 2.24) is 9.88 Å². The third-order valence-corrected chi connectivity index (χ3v) is 3.68. The van der Waals surface area contributed by atoms with Crippen LogP contribution in [-0.4, -0.2) is 36.1 Å². The van der Waals surface area contributed by atoms with Crippen molar-refractivity contribution >= 4 is 15.9 Å². The van der Waals surface area contributed by atoms with Crippen molar-refractivity contribution in [3.8, 4) is 5.75 Å². The lowest BCUT2D eigenvalue weighted by Gasteiger charge is -2.37. The number of likely N-dealkylation sites (N-methyl/N-ethyl adjacent to an activating group) is 1. The van der Waals surface area contributed by atoms with Crippen LogP contribution in [0, 0.1) is 6.92 Å². The minimum Gasteiger partial charge on any atom is -0.490 e. The van der Waals surface area contributed by atoms with Crippen molar-refractivity contribution in [3.05, 3.63) is 22.4 Å². The Bertz CT molecular complexity index is 356. The van der Waals surface area contributed by atoms with Gasteiger partial charge in [0.2, 0.25) is 0 Å². The van der Waals surface area contributed by atoms with Gasteiger partial charge in [-0.1, -0.05) is 0 Å². The third kappa shape index (κ3) is 2.49. The van der Waals surface area contributed by atoms with Gasteiger partial charge in [0.1, 0.15) is 12.4 Å². The summed E-state index contributed by atoms with van der Waals surface area (Å²) in [4.78, 5) is 6.54. The van der Waals surface area contributed by atoms with E-state index in [1.807, 2.05) is 13.0 Å². The molecule has 1 saturated heterocycles. The molecule has 2 rings (SSSR count). The summed E-state index contributed by atoms with van der Waals surface area (Å²) >= 11 is 3.44. The normalized spacial score (nSPS) is 21.1. The third-order valence-electron chi connectivity index (χ3n) is 2.88. The van der Waals surface area contributed by atoms with Crippen LogP contribution in [-0.2, 0) is 0 Å². The number of hydrogen-bond donors (Lipinski definition) is 0. The maximum atomic E-state index is 5.68. The summed E-state index contributed by atoms with van der Waals surface area (Å²) in [6.45, 7) is 3.91. The molecule has 0 unspecified atom stereocenters. The van der Waals surface area contributed by atoms with Gasteiger partial charge in [-0.05, 0) is 48.9 Å². The summed E-state index contributed by atoms with van der Waals surface area (Å²) < 4.78 is 6.68. The first-order valence-electron chi connectivity index (χ1n) is 5.12. The molecule has 0 aromatic carbocycles. The van der Waals surface area contributed by atoms with Crippen LogP contribution in [0.3, 0.4) is 0 Å². The fourth-order valence-corrected chi connectivity index (χ4v) is 1.87.